The molecule has 14 heteroatoms. The van der Waals surface area contributed by atoms with E-state index in [1.807, 2.05) is 30.3 Å². The van der Waals surface area contributed by atoms with Crippen molar-refractivity contribution in [2.75, 3.05) is 17.7 Å². The number of nitrogens with two attached hydrogens (primary N) is 1. The lowest BCUT2D eigenvalue weighted by Crippen LogP contribution is -2.32. The first kappa shape index (κ1) is 30.1. The number of nitrogens with one attached hydrogen (secondary N) is 2. The maximum atomic E-state index is 12.9. The molecule has 0 spiro atoms. The molecule has 5 N–H and O–H groups in total. The van der Waals surface area contributed by atoms with Crippen LogP contribution >= 0.6 is 11.6 Å². The van der Waals surface area contributed by atoms with Gasteiger partial charge >= 0.3 is 12.1 Å². The molecule has 2 aromatic carbocycles. The lowest BCUT2D eigenvalue weighted by atomic mass is 10.2. The van der Waals surface area contributed by atoms with E-state index in [2.05, 4.69) is 15.6 Å². The summed E-state index contributed by atoms with van der Waals surface area (Å²) < 4.78 is 38.2. The maximum absolute atomic E-state index is 12.9. The molecule has 0 saturated heterocycles. The van der Waals surface area contributed by atoms with Crippen LogP contribution in [0.1, 0.15) is 16.8 Å². The minimum Gasteiger partial charge on any atom is -0.497 e. The van der Waals surface area contributed by atoms with Gasteiger partial charge in [0.25, 0.3) is 5.56 Å². The van der Waals surface area contributed by atoms with Gasteiger partial charge in [0.1, 0.15) is 12.3 Å². The molecule has 3 rings (SSSR count). The zero-order valence-corrected chi connectivity index (χ0v) is 21.1. The Kier molecular flexibility index (Phi) is 10.7. The second-order valence-electron chi connectivity index (χ2n) is 7.69. The van der Waals surface area contributed by atoms with Crippen LogP contribution < -0.4 is 26.7 Å². The highest BCUT2D eigenvalue weighted by Crippen LogP contribution is 2.16. The van der Waals surface area contributed by atoms with Crippen LogP contribution in [0.5, 0.6) is 5.75 Å². The summed E-state index contributed by atoms with van der Waals surface area (Å²) in [5.41, 5.74) is 8.05. The van der Waals surface area contributed by atoms with Crippen molar-refractivity contribution in [3.63, 3.8) is 0 Å². The van der Waals surface area contributed by atoms with Crippen molar-refractivity contribution >= 4 is 35.0 Å². The number of carboxylic acids is 1. The summed E-state index contributed by atoms with van der Waals surface area (Å²) in [6, 6.07) is 14.6. The second kappa shape index (κ2) is 13.4. The molecule has 3 aromatic rings. The third kappa shape index (κ3) is 8.78. The predicted octanol–water partition coefficient (Wildman–Crippen LogP) is 3.56. The number of ether oxygens (including phenoxy) is 1. The van der Waals surface area contributed by atoms with Gasteiger partial charge in [0.15, 0.2) is 11.0 Å². The second-order valence-corrected chi connectivity index (χ2v) is 8.04. The number of halogens is 4. The van der Waals surface area contributed by atoms with Crippen LogP contribution in [-0.4, -0.2) is 39.8 Å². The predicted molar refractivity (Wildman–Crippen MR) is 135 cm³/mol. The first-order valence-electron chi connectivity index (χ1n) is 10.9. The van der Waals surface area contributed by atoms with E-state index in [9.17, 15) is 22.8 Å². The number of aliphatic carboxylic acids is 1. The summed E-state index contributed by atoms with van der Waals surface area (Å²) in [4.78, 5) is 38.5. The number of alkyl halides is 3. The zero-order valence-electron chi connectivity index (χ0n) is 20.3. The standard InChI is InChI=1S/C22H24ClN5O3.C2HF3O2/c1-14-20(23)27-21(25-12-15-6-8-18(31-2)9-7-15)22(30)28(14)13-19(29)26-17-5-3-4-16(10-17)11-24;3-2(4,5)1(6)7/h3-10H,11-13,24H2,1-2H3,(H,25,27)(H,26,29);(H,6,7). The Labute approximate surface area is 220 Å². The van der Waals surface area contributed by atoms with Crippen LogP contribution in [0.25, 0.3) is 0 Å². The fourth-order valence-electron chi connectivity index (χ4n) is 2.97. The number of methoxy groups -OCH3 is 1. The lowest BCUT2D eigenvalue weighted by molar-refractivity contribution is -0.192. The summed E-state index contributed by atoms with van der Waals surface area (Å²) >= 11 is 6.22. The molecule has 1 aromatic heterocycles. The molecule has 0 saturated carbocycles. The molecule has 10 nitrogen and oxygen atoms in total. The Morgan fingerprint density at radius 2 is 1.79 bits per heavy atom. The summed E-state index contributed by atoms with van der Waals surface area (Å²) in [6.45, 7) is 2.18. The van der Waals surface area contributed by atoms with Crippen LogP contribution in [0.2, 0.25) is 5.15 Å². The Morgan fingerprint density at radius 3 is 2.34 bits per heavy atom. The molecule has 0 bridgehead atoms. The van der Waals surface area contributed by atoms with Crippen LogP contribution in [0.3, 0.4) is 0 Å². The first-order valence-corrected chi connectivity index (χ1v) is 11.3. The number of amides is 1. The molecule has 0 aliphatic heterocycles. The van der Waals surface area contributed by atoms with Crippen molar-refractivity contribution in [1.82, 2.24) is 9.55 Å². The molecule has 38 heavy (non-hydrogen) atoms. The van der Waals surface area contributed by atoms with Crippen molar-refractivity contribution in [3.8, 4) is 5.75 Å². The molecule has 1 heterocycles. The smallest absolute Gasteiger partial charge is 0.490 e. The van der Waals surface area contributed by atoms with Gasteiger partial charge in [-0.05, 0) is 42.3 Å². The number of aromatic nitrogens is 2. The summed E-state index contributed by atoms with van der Waals surface area (Å²) in [6.07, 6.45) is -5.08. The molecular weight excluding hydrogens is 531 g/mol. The van der Waals surface area contributed by atoms with E-state index in [4.69, 9.17) is 32.0 Å². The van der Waals surface area contributed by atoms with E-state index in [1.54, 1.807) is 32.2 Å². The normalized spacial score (nSPS) is 10.7. The van der Waals surface area contributed by atoms with E-state index in [-0.39, 0.29) is 23.4 Å². The maximum Gasteiger partial charge on any atom is 0.490 e. The van der Waals surface area contributed by atoms with Crippen molar-refractivity contribution in [3.05, 3.63) is 80.9 Å². The van der Waals surface area contributed by atoms with Gasteiger partial charge in [-0.3, -0.25) is 14.2 Å². The van der Waals surface area contributed by atoms with Gasteiger partial charge in [0.2, 0.25) is 5.91 Å². The lowest BCUT2D eigenvalue weighted by Gasteiger charge is -2.14. The van der Waals surface area contributed by atoms with Crippen molar-refractivity contribution in [1.29, 1.82) is 0 Å². The van der Waals surface area contributed by atoms with Crippen molar-refractivity contribution in [2.24, 2.45) is 5.73 Å². The molecule has 0 atom stereocenters. The van der Waals surface area contributed by atoms with E-state index in [1.165, 1.54) is 4.57 Å². The van der Waals surface area contributed by atoms with Gasteiger partial charge < -0.3 is 26.2 Å². The highest BCUT2D eigenvalue weighted by atomic mass is 35.5. The Bertz CT molecular complexity index is 1330. The molecule has 0 aliphatic carbocycles. The van der Waals surface area contributed by atoms with Gasteiger partial charge in [-0.25, -0.2) is 9.78 Å². The first-order chi connectivity index (χ1) is 17.8. The Balaban J connectivity index is 0.000000638. The average molecular weight is 556 g/mol. The van der Waals surface area contributed by atoms with Crippen LogP contribution in [0, 0.1) is 6.92 Å². The summed E-state index contributed by atoms with van der Waals surface area (Å²) in [7, 11) is 1.60. The minimum atomic E-state index is -5.08. The highest BCUT2D eigenvalue weighted by Gasteiger charge is 2.38. The van der Waals surface area contributed by atoms with Crippen molar-refractivity contribution in [2.45, 2.75) is 32.7 Å². The molecule has 0 aliphatic rings. The fourth-order valence-corrected chi connectivity index (χ4v) is 3.16. The molecule has 0 radical (unpaired) electrons. The number of hydrogen-bond acceptors (Lipinski definition) is 7. The SMILES string of the molecule is COc1ccc(CNc2nc(Cl)c(C)n(CC(=O)Nc3cccc(CN)c3)c2=O)cc1.O=C(O)C(F)(F)F. The summed E-state index contributed by atoms with van der Waals surface area (Å²) in [5, 5.41) is 13.0. The number of carboxylic acid groups (broad SMARTS) is 1. The quantitative estimate of drug-likeness (QED) is 0.330. The molecular formula is C24H25ClF3N5O5. The van der Waals surface area contributed by atoms with Gasteiger partial charge in [-0.2, -0.15) is 13.2 Å². The van der Waals surface area contributed by atoms with Gasteiger partial charge in [-0.1, -0.05) is 35.9 Å². The number of rotatable bonds is 8. The topological polar surface area (TPSA) is 149 Å². The van der Waals surface area contributed by atoms with Gasteiger partial charge in [-0.15, -0.1) is 0 Å². The van der Waals surface area contributed by atoms with E-state index >= 15 is 0 Å². The fraction of sp³-hybridized carbons (Fsp3) is 0.250. The number of hydrogen-bond donors (Lipinski definition) is 4. The number of carbonyl (C=O) groups is 2. The summed E-state index contributed by atoms with van der Waals surface area (Å²) in [5.74, 6) is -2.30. The Hall–Kier alpha value is -4.10. The number of anilines is 2. The third-order valence-corrected chi connectivity index (χ3v) is 5.33. The number of carbonyl (C=O) groups excluding carboxylic acids is 1. The minimum absolute atomic E-state index is 0.0735. The molecule has 0 unspecified atom stereocenters. The van der Waals surface area contributed by atoms with Crippen LogP contribution in [0.4, 0.5) is 24.7 Å². The van der Waals surface area contributed by atoms with Crippen molar-refractivity contribution < 1.29 is 32.6 Å². The largest absolute Gasteiger partial charge is 0.497 e. The highest BCUT2D eigenvalue weighted by molar-refractivity contribution is 6.30. The molecule has 0 fully saturated rings. The number of benzene rings is 2. The monoisotopic (exact) mass is 555 g/mol. The molecule has 204 valence electrons. The third-order valence-electron chi connectivity index (χ3n) is 4.97. The molecule has 1 amide bonds. The van der Waals surface area contributed by atoms with Gasteiger partial charge in [0, 0.05) is 18.8 Å². The van der Waals surface area contributed by atoms with Crippen LogP contribution in [0.15, 0.2) is 53.3 Å². The average Bonchev–Trinajstić information content (AvgIpc) is 2.88. The zero-order chi connectivity index (χ0) is 28.5. The van der Waals surface area contributed by atoms with Gasteiger partial charge in [0.05, 0.1) is 12.8 Å². The number of nitrogens with zero attached hydrogens (tertiary/aromatic N) is 2. The Morgan fingerprint density at radius 1 is 1.16 bits per heavy atom. The van der Waals surface area contributed by atoms with E-state index < -0.39 is 17.7 Å². The van der Waals surface area contributed by atoms with E-state index in [0.29, 0.717) is 24.5 Å². The van der Waals surface area contributed by atoms with E-state index in [0.717, 1.165) is 16.9 Å². The van der Waals surface area contributed by atoms with Crippen LogP contribution in [-0.2, 0) is 29.2 Å².